The van der Waals surface area contributed by atoms with Crippen molar-refractivity contribution >= 4 is 17.6 Å². The van der Waals surface area contributed by atoms with Gasteiger partial charge in [-0.1, -0.05) is 36.4 Å². The molecule has 0 aromatic heterocycles. The van der Waals surface area contributed by atoms with Gasteiger partial charge in [0.1, 0.15) is 11.3 Å². The number of hydrogen-bond acceptors (Lipinski definition) is 3. The Morgan fingerprint density at radius 2 is 1.83 bits per heavy atom. The summed E-state index contributed by atoms with van der Waals surface area (Å²) in [5.74, 6) is 0.333. The van der Waals surface area contributed by atoms with Crippen LogP contribution in [0, 0.1) is 0 Å². The van der Waals surface area contributed by atoms with Crippen molar-refractivity contribution in [1.29, 1.82) is 0 Å². The Labute approximate surface area is 134 Å². The molecule has 0 spiro atoms. The predicted octanol–water partition coefficient (Wildman–Crippen LogP) is 2.75. The molecule has 1 N–H and O–H groups in total. The van der Waals surface area contributed by atoms with Crippen LogP contribution in [-0.4, -0.2) is 24.6 Å². The zero-order valence-corrected chi connectivity index (χ0v) is 13.1. The monoisotopic (exact) mass is 310 g/mol. The normalized spacial score (nSPS) is 20.5. The molecule has 0 radical (unpaired) electrons. The molecule has 2 aromatic rings. The number of hydrogen-bond donors (Lipinski definition) is 1. The van der Waals surface area contributed by atoms with Crippen molar-refractivity contribution in [3.8, 4) is 5.75 Å². The van der Waals surface area contributed by atoms with Crippen molar-refractivity contribution in [1.82, 2.24) is 5.32 Å². The Hall–Kier alpha value is -2.82. The molecule has 5 heteroatoms. The minimum atomic E-state index is -0.957. The number of imide groups is 1. The molecule has 0 bridgehead atoms. The summed E-state index contributed by atoms with van der Waals surface area (Å²) in [6.07, 6.45) is 0.443. The molecule has 1 fully saturated rings. The average Bonchev–Trinajstić information content (AvgIpc) is 2.77. The lowest BCUT2D eigenvalue weighted by Gasteiger charge is -2.21. The van der Waals surface area contributed by atoms with Gasteiger partial charge in [0.15, 0.2) is 0 Å². The highest BCUT2D eigenvalue weighted by molar-refractivity contribution is 6.23. The highest BCUT2D eigenvalue weighted by Crippen LogP contribution is 2.29. The number of rotatable bonds is 4. The SMILES string of the molecule is COc1cccc(N2C(=O)NC(C)(Cc3ccccc3)C2=O)c1. The van der Waals surface area contributed by atoms with Crippen molar-refractivity contribution in [2.45, 2.75) is 18.9 Å². The van der Waals surface area contributed by atoms with E-state index in [0.29, 0.717) is 17.9 Å². The number of ether oxygens (including phenoxy) is 1. The highest BCUT2D eigenvalue weighted by Gasteiger charge is 2.48. The van der Waals surface area contributed by atoms with Gasteiger partial charge in [0.05, 0.1) is 12.8 Å². The lowest BCUT2D eigenvalue weighted by molar-refractivity contribution is -0.121. The summed E-state index contributed by atoms with van der Waals surface area (Å²) in [7, 11) is 1.55. The first-order chi connectivity index (χ1) is 11.0. The van der Waals surface area contributed by atoms with Crippen LogP contribution in [0.4, 0.5) is 10.5 Å². The van der Waals surface area contributed by atoms with E-state index in [1.165, 1.54) is 4.90 Å². The van der Waals surface area contributed by atoms with Crippen LogP contribution < -0.4 is 15.0 Å². The predicted molar refractivity (Wildman–Crippen MR) is 87.6 cm³/mol. The van der Waals surface area contributed by atoms with Gasteiger partial charge in [-0.2, -0.15) is 0 Å². The van der Waals surface area contributed by atoms with Gasteiger partial charge in [0, 0.05) is 12.5 Å². The average molecular weight is 310 g/mol. The van der Waals surface area contributed by atoms with Gasteiger partial charge < -0.3 is 10.1 Å². The molecule has 1 aliphatic heterocycles. The first-order valence-corrected chi connectivity index (χ1v) is 7.38. The van der Waals surface area contributed by atoms with E-state index in [0.717, 1.165) is 5.56 Å². The molecule has 1 unspecified atom stereocenters. The molecule has 1 heterocycles. The second-order valence-corrected chi connectivity index (χ2v) is 5.77. The Bertz CT molecular complexity index is 745. The maximum Gasteiger partial charge on any atom is 0.329 e. The molecule has 118 valence electrons. The third-order valence-electron chi connectivity index (χ3n) is 3.97. The number of nitrogens with zero attached hydrogens (tertiary/aromatic N) is 1. The van der Waals surface area contributed by atoms with E-state index in [-0.39, 0.29) is 5.91 Å². The fourth-order valence-corrected chi connectivity index (χ4v) is 2.79. The smallest absolute Gasteiger partial charge is 0.329 e. The van der Waals surface area contributed by atoms with E-state index in [1.807, 2.05) is 30.3 Å². The molecule has 0 aliphatic carbocycles. The summed E-state index contributed by atoms with van der Waals surface area (Å²) in [4.78, 5) is 26.4. The Balaban J connectivity index is 1.90. The number of carbonyl (C=O) groups is 2. The third kappa shape index (κ3) is 2.77. The van der Waals surface area contributed by atoms with Crippen LogP contribution in [0.3, 0.4) is 0 Å². The van der Waals surface area contributed by atoms with Crippen molar-refractivity contribution in [3.63, 3.8) is 0 Å². The van der Waals surface area contributed by atoms with Gasteiger partial charge in [-0.3, -0.25) is 4.79 Å². The molecule has 3 amide bonds. The summed E-state index contributed by atoms with van der Waals surface area (Å²) in [5, 5.41) is 2.81. The van der Waals surface area contributed by atoms with Crippen molar-refractivity contribution in [2.75, 3.05) is 12.0 Å². The number of anilines is 1. The summed E-state index contributed by atoms with van der Waals surface area (Å²) in [6, 6.07) is 16.1. The van der Waals surface area contributed by atoms with Crippen LogP contribution in [-0.2, 0) is 11.2 Å². The van der Waals surface area contributed by atoms with Crippen LogP contribution >= 0.6 is 0 Å². The van der Waals surface area contributed by atoms with E-state index in [9.17, 15) is 9.59 Å². The number of urea groups is 1. The lowest BCUT2D eigenvalue weighted by atomic mass is 9.93. The van der Waals surface area contributed by atoms with Crippen LogP contribution in [0.15, 0.2) is 54.6 Å². The number of nitrogens with one attached hydrogen (secondary N) is 1. The maximum atomic E-state index is 12.8. The summed E-state index contributed by atoms with van der Waals surface area (Å²) < 4.78 is 5.16. The first kappa shape index (κ1) is 15.1. The first-order valence-electron chi connectivity index (χ1n) is 7.38. The van der Waals surface area contributed by atoms with Gasteiger partial charge in [-0.15, -0.1) is 0 Å². The molecule has 1 saturated heterocycles. The number of amides is 3. The molecule has 2 aromatic carbocycles. The standard InChI is InChI=1S/C18H18N2O3/c1-18(12-13-7-4-3-5-8-13)16(21)20(17(22)19-18)14-9-6-10-15(11-14)23-2/h3-11H,12H2,1-2H3,(H,19,22). The molecule has 5 nitrogen and oxygen atoms in total. The zero-order valence-electron chi connectivity index (χ0n) is 13.1. The summed E-state index contributed by atoms with van der Waals surface area (Å²) in [5.41, 5.74) is 0.543. The molecule has 0 saturated carbocycles. The Morgan fingerprint density at radius 3 is 2.52 bits per heavy atom. The van der Waals surface area contributed by atoms with Crippen LogP contribution in [0.25, 0.3) is 0 Å². The van der Waals surface area contributed by atoms with Gasteiger partial charge >= 0.3 is 6.03 Å². The van der Waals surface area contributed by atoms with Gasteiger partial charge in [-0.05, 0) is 24.6 Å². The molecule has 3 rings (SSSR count). The van der Waals surface area contributed by atoms with Crippen molar-refractivity contribution < 1.29 is 14.3 Å². The van der Waals surface area contributed by atoms with Crippen LogP contribution in [0.1, 0.15) is 12.5 Å². The lowest BCUT2D eigenvalue weighted by Crippen LogP contribution is -2.46. The maximum absolute atomic E-state index is 12.8. The van der Waals surface area contributed by atoms with Crippen molar-refractivity contribution in [3.05, 3.63) is 60.2 Å². The summed E-state index contributed by atoms with van der Waals surface area (Å²) in [6.45, 7) is 1.75. The van der Waals surface area contributed by atoms with E-state index < -0.39 is 11.6 Å². The van der Waals surface area contributed by atoms with E-state index in [2.05, 4.69) is 5.32 Å². The second-order valence-electron chi connectivity index (χ2n) is 5.77. The fourth-order valence-electron chi connectivity index (χ4n) is 2.79. The summed E-state index contributed by atoms with van der Waals surface area (Å²) >= 11 is 0. The van der Waals surface area contributed by atoms with E-state index in [1.54, 1.807) is 38.3 Å². The number of methoxy groups -OCH3 is 1. The minimum absolute atomic E-state index is 0.264. The molecule has 23 heavy (non-hydrogen) atoms. The second kappa shape index (κ2) is 5.76. The molecular formula is C18H18N2O3. The van der Waals surface area contributed by atoms with E-state index in [4.69, 9.17) is 4.74 Å². The largest absolute Gasteiger partial charge is 0.497 e. The van der Waals surface area contributed by atoms with Gasteiger partial charge in [0.2, 0.25) is 0 Å². The number of benzene rings is 2. The number of carbonyl (C=O) groups excluding carboxylic acids is 2. The minimum Gasteiger partial charge on any atom is -0.497 e. The highest BCUT2D eigenvalue weighted by atomic mass is 16.5. The third-order valence-corrected chi connectivity index (χ3v) is 3.97. The zero-order chi connectivity index (χ0) is 16.4. The van der Waals surface area contributed by atoms with Crippen LogP contribution in [0.5, 0.6) is 5.75 Å². The molecule has 1 atom stereocenters. The molecule has 1 aliphatic rings. The Morgan fingerprint density at radius 1 is 1.09 bits per heavy atom. The van der Waals surface area contributed by atoms with Gasteiger partial charge in [-0.25, -0.2) is 9.69 Å². The topological polar surface area (TPSA) is 58.6 Å². The van der Waals surface area contributed by atoms with E-state index >= 15 is 0 Å². The Kier molecular flexibility index (Phi) is 3.78. The quantitative estimate of drug-likeness (QED) is 0.883. The van der Waals surface area contributed by atoms with Crippen LogP contribution in [0.2, 0.25) is 0 Å². The van der Waals surface area contributed by atoms with Crippen molar-refractivity contribution in [2.24, 2.45) is 0 Å². The fraction of sp³-hybridized carbons (Fsp3) is 0.222. The molecular weight excluding hydrogens is 292 g/mol. The van der Waals surface area contributed by atoms with Gasteiger partial charge in [0.25, 0.3) is 5.91 Å².